The Morgan fingerprint density at radius 1 is 1.07 bits per heavy atom. The first-order chi connectivity index (χ1) is 14.7. The zero-order valence-corrected chi connectivity index (χ0v) is 17.7. The Bertz CT molecular complexity index is 858. The van der Waals surface area contributed by atoms with Crippen molar-refractivity contribution >= 4 is 11.6 Å². The van der Waals surface area contributed by atoms with E-state index in [0.717, 1.165) is 57.2 Å². The highest BCUT2D eigenvalue weighted by atomic mass is 19.1. The summed E-state index contributed by atoms with van der Waals surface area (Å²) in [5.74, 6) is 0.663. The van der Waals surface area contributed by atoms with E-state index in [1.807, 2.05) is 12.1 Å². The zero-order chi connectivity index (χ0) is 20.8. The van der Waals surface area contributed by atoms with E-state index in [1.54, 1.807) is 12.1 Å². The molecule has 0 unspecified atom stereocenters. The normalized spacial score (nSPS) is 18.2. The average molecular weight is 411 g/mol. The second-order valence-corrected chi connectivity index (χ2v) is 8.07. The monoisotopic (exact) mass is 410 g/mol. The van der Waals surface area contributed by atoms with Crippen molar-refractivity contribution in [3.63, 3.8) is 0 Å². The van der Waals surface area contributed by atoms with E-state index < -0.39 is 0 Å². The van der Waals surface area contributed by atoms with Crippen LogP contribution in [0.5, 0.6) is 0 Å². The summed E-state index contributed by atoms with van der Waals surface area (Å²) in [6.07, 6.45) is 2.01. The fourth-order valence-electron chi connectivity index (χ4n) is 3.98. The highest BCUT2D eigenvalue weighted by Crippen LogP contribution is 2.48. The Hall–Kier alpha value is -2.60. The van der Waals surface area contributed by atoms with Crippen LogP contribution in [0.25, 0.3) is 0 Å². The number of nitrogens with one attached hydrogen (secondary N) is 2. The molecular weight excluding hydrogens is 379 g/mol. The number of nitrogens with zero attached hydrogens (tertiary/aromatic N) is 2. The molecule has 2 aromatic carbocycles. The van der Waals surface area contributed by atoms with Crippen molar-refractivity contribution in [1.29, 1.82) is 0 Å². The number of halogens is 1. The molecule has 6 heteroatoms. The van der Waals surface area contributed by atoms with Crippen LogP contribution in [0.4, 0.5) is 10.1 Å². The van der Waals surface area contributed by atoms with Gasteiger partial charge in [0.25, 0.3) is 0 Å². The van der Waals surface area contributed by atoms with Gasteiger partial charge in [0.05, 0.1) is 19.8 Å². The van der Waals surface area contributed by atoms with Crippen molar-refractivity contribution < 1.29 is 9.13 Å². The molecule has 2 aromatic rings. The summed E-state index contributed by atoms with van der Waals surface area (Å²) in [5.41, 5.74) is 3.10. The van der Waals surface area contributed by atoms with Gasteiger partial charge in [-0.3, -0.25) is 0 Å². The van der Waals surface area contributed by atoms with Crippen LogP contribution in [0, 0.1) is 5.82 Å². The van der Waals surface area contributed by atoms with Gasteiger partial charge in [-0.1, -0.05) is 30.3 Å². The molecule has 4 rings (SSSR count). The lowest BCUT2D eigenvalue weighted by Crippen LogP contribution is -2.41. The van der Waals surface area contributed by atoms with Gasteiger partial charge < -0.3 is 20.3 Å². The number of ether oxygens (including phenoxy) is 1. The summed E-state index contributed by atoms with van der Waals surface area (Å²) in [6.45, 7) is 7.59. The van der Waals surface area contributed by atoms with Crippen LogP contribution in [0.2, 0.25) is 0 Å². The lowest BCUT2D eigenvalue weighted by atomic mass is 9.95. The van der Waals surface area contributed by atoms with Gasteiger partial charge in [-0.15, -0.1) is 0 Å². The van der Waals surface area contributed by atoms with Crippen molar-refractivity contribution in [3.8, 4) is 0 Å². The third kappa shape index (κ3) is 4.93. The molecule has 0 amide bonds. The van der Waals surface area contributed by atoms with E-state index in [9.17, 15) is 4.39 Å². The predicted molar refractivity (Wildman–Crippen MR) is 120 cm³/mol. The van der Waals surface area contributed by atoms with Crippen LogP contribution in [-0.2, 0) is 16.7 Å². The first-order valence-electron chi connectivity index (χ1n) is 10.9. The summed E-state index contributed by atoms with van der Waals surface area (Å²) in [4.78, 5) is 7.09. The maximum absolute atomic E-state index is 14.3. The molecule has 0 aromatic heterocycles. The standard InChI is InChI=1S/C24H31FN4O/c1-2-26-23(28-18-24(11-12-24)21-5-3-4-6-22(21)25)27-17-19-7-9-20(10-8-19)29-13-15-30-16-14-29/h3-10H,2,11-18H2,1H3,(H2,26,27,28). The van der Waals surface area contributed by atoms with Crippen molar-refractivity contribution in [1.82, 2.24) is 10.6 Å². The molecule has 0 spiro atoms. The zero-order valence-electron chi connectivity index (χ0n) is 17.7. The van der Waals surface area contributed by atoms with Crippen LogP contribution >= 0.6 is 0 Å². The first kappa shape index (κ1) is 20.7. The number of benzene rings is 2. The van der Waals surface area contributed by atoms with Gasteiger partial charge in [-0.25, -0.2) is 9.38 Å². The molecule has 1 aliphatic carbocycles. The molecule has 5 nitrogen and oxygen atoms in total. The Morgan fingerprint density at radius 2 is 1.80 bits per heavy atom. The van der Waals surface area contributed by atoms with Crippen molar-refractivity contribution in [2.24, 2.45) is 4.99 Å². The van der Waals surface area contributed by atoms with E-state index in [1.165, 1.54) is 11.3 Å². The molecule has 1 saturated carbocycles. The SMILES string of the molecule is CCNC(=NCc1ccc(N2CCOCC2)cc1)NCC1(c2ccccc2F)CC1. The number of guanidine groups is 1. The Balaban J connectivity index is 1.36. The molecule has 1 saturated heterocycles. The molecule has 1 aliphatic heterocycles. The van der Waals surface area contributed by atoms with Crippen LogP contribution in [-0.4, -0.2) is 45.4 Å². The number of hydrogen-bond acceptors (Lipinski definition) is 3. The fraction of sp³-hybridized carbons (Fsp3) is 0.458. The average Bonchev–Trinajstić information content (AvgIpc) is 3.58. The molecule has 2 N–H and O–H groups in total. The van der Waals surface area contributed by atoms with E-state index >= 15 is 0 Å². The quantitative estimate of drug-likeness (QED) is 0.542. The minimum atomic E-state index is -0.112. The van der Waals surface area contributed by atoms with E-state index in [-0.39, 0.29) is 11.2 Å². The van der Waals surface area contributed by atoms with Gasteiger partial charge in [-0.2, -0.15) is 0 Å². The number of rotatable bonds is 7. The number of anilines is 1. The third-order valence-electron chi connectivity index (χ3n) is 5.97. The Kier molecular flexibility index (Phi) is 6.53. The van der Waals surface area contributed by atoms with Gasteiger partial charge >= 0.3 is 0 Å². The molecule has 2 aliphatic rings. The second-order valence-electron chi connectivity index (χ2n) is 8.07. The molecule has 1 heterocycles. The topological polar surface area (TPSA) is 48.9 Å². The maximum atomic E-state index is 14.3. The smallest absolute Gasteiger partial charge is 0.191 e. The van der Waals surface area contributed by atoms with Crippen molar-refractivity contribution in [3.05, 3.63) is 65.5 Å². The van der Waals surface area contributed by atoms with Crippen LogP contribution in [0.3, 0.4) is 0 Å². The predicted octanol–water partition coefficient (Wildman–Crippen LogP) is 3.45. The summed E-state index contributed by atoms with van der Waals surface area (Å²) < 4.78 is 19.7. The molecule has 30 heavy (non-hydrogen) atoms. The van der Waals surface area contributed by atoms with Crippen LogP contribution < -0.4 is 15.5 Å². The van der Waals surface area contributed by atoms with E-state index in [2.05, 4.69) is 46.7 Å². The highest BCUT2D eigenvalue weighted by molar-refractivity contribution is 5.80. The molecule has 0 atom stereocenters. The van der Waals surface area contributed by atoms with Crippen LogP contribution in [0.15, 0.2) is 53.5 Å². The van der Waals surface area contributed by atoms with Gasteiger partial charge in [0, 0.05) is 37.3 Å². The van der Waals surface area contributed by atoms with Gasteiger partial charge in [0.15, 0.2) is 5.96 Å². The second kappa shape index (κ2) is 9.47. The summed E-state index contributed by atoms with van der Waals surface area (Å²) in [5, 5.41) is 6.74. The number of hydrogen-bond donors (Lipinski definition) is 2. The van der Waals surface area contributed by atoms with Gasteiger partial charge in [0.1, 0.15) is 5.82 Å². The molecule has 160 valence electrons. The highest BCUT2D eigenvalue weighted by Gasteiger charge is 2.45. The van der Waals surface area contributed by atoms with Gasteiger partial charge in [-0.05, 0) is 49.1 Å². The molecule has 0 radical (unpaired) electrons. The van der Waals surface area contributed by atoms with Gasteiger partial charge in [0.2, 0.25) is 0 Å². The third-order valence-corrected chi connectivity index (χ3v) is 5.97. The van der Waals surface area contributed by atoms with Crippen molar-refractivity contribution in [2.45, 2.75) is 31.7 Å². The lowest BCUT2D eigenvalue weighted by Gasteiger charge is -2.28. The van der Waals surface area contributed by atoms with Crippen LogP contribution in [0.1, 0.15) is 30.9 Å². The summed E-state index contributed by atoms with van der Waals surface area (Å²) in [7, 11) is 0. The van der Waals surface area contributed by atoms with Crippen molar-refractivity contribution in [2.75, 3.05) is 44.3 Å². The number of morpholine rings is 1. The molecule has 0 bridgehead atoms. The minimum Gasteiger partial charge on any atom is -0.378 e. The Labute approximate surface area is 178 Å². The Morgan fingerprint density at radius 3 is 2.47 bits per heavy atom. The van der Waals surface area contributed by atoms with E-state index in [4.69, 9.17) is 9.73 Å². The lowest BCUT2D eigenvalue weighted by molar-refractivity contribution is 0.122. The fourth-order valence-corrected chi connectivity index (χ4v) is 3.98. The molecular formula is C24H31FN4O. The molecule has 2 fully saturated rings. The number of aliphatic imine (C=N–C) groups is 1. The largest absolute Gasteiger partial charge is 0.378 e. The maximum Gasteiger partial charge on any atom is 0.191 e. The first-order valence-corrected chi connectivity index (χ1v) is 10.9. The van der Waals surface area contributed by atoms with E-state index in [0.29, 0.717) is 13.1 Å². The summed E-state index contributed by atoms with van der Waals surface area (Å²) >= 11 is 0. The minimum absolute atomic E-state index is 0.110. The summed E-state index contributed by atoms with van der Waals surface area (Å²) in [6, 6.07) is 15.7.